The van der Waals surface area contributed by atoms with E-state index >= 15 is 0 Å². The highest BCUT2D eigenvalue weighted by atomic mass is 16.6. The van der Waals surface area contributed by atoms with Crippen molar-refractivity contribution in [2.45, 2.75) is 31.1 Å². The minimum atomic E-state index is -0.542. The Balaban J connectivity index is 1.40. The number of carbonyl (C=O) groups is 1. The second-order valence-electron chi connectivity index (χ2n) is 7.51. The molecule has 7 heteroatoms. The molecule has 0 saturated heterocycles. The van der Waals surface area contributed by atoms with E-state index in [1.165, 1.54) is 6.33 Å². The quantitative estimate of drug-likeness (QED) is 0.709. The van der Waals surface area contributed by atoms with Gasteiger partial charge in [0.15, 0.2) is 17.3 Å². The van der Waals surface area contributed by atoms with Crippen molar-refractivity contribution in [3.05, 3.63) is 54.4 Å². The molecule has 1 saturated carbocycles. The molecule has 0 spiro atoms. The SMILES string of the molecule is O=C(Nc1ccc(-c2ncn[nH]2)cc1)C1(c2ccc3c(c2)OCCO3)CCCC1. The molecule has 0 unspecified atom stereocenters. The topological polar surface area (TPSA) is 89.1 Å². The molecule has 5 rings (SSSR count). The molecular weight excluding hydrogens is 368 g/mol. The molecule has 148 valence electrons. The molecule has 7 nitrogen and oxygen atoms in total. The number of rotatable bonds is 4. The van der Waals surface area contributed by atoms with Gasteiger partial charge < -0.3 is 14.8 Å². The van der Waals surface area contributed by atoms with Crippen LogP contribution in [-0.2, 0) is 10.2 Å². The van der Waals surface area contributed by atoms with E-state index in [9.17, 15) is 4.79 Å². The van der Waals surface area contributed by atoms with Crippen LogP contribution in [0.3, 0.4) is 0 Å². The van der Waals surface area contributed by atoms with Gasteiger partial charge in [-0.25, -0.2) is 4.98 Å². The Hall–Kier alpha value is -3.35. The Bertz CT molecular complexity index is 1010. The Kier molecular flexibility index (Phi) is 4.42. The van der Waals surface area contributed by atoms with Gasteiger partial charge in [0.2, 0.25) is 5.91 Å². The summed E-state index contributed by atoms with van der Waals surface area (Å²) in [5.41, 5.74) is 2.14. The zero-order valence-corrected chi connectivity index (χ0v) is 16.0. The summed E-state index contributed by atoms with van der Waals surface area (Å²) in [5, 5.41) is 9.83. The predicted octanol–water partition coefficient (Wildman–Crippen LogP) is 3.69. The smallest absolute Gasteiger partial charge is 0.235 e. The fourth-order valence-corrected chi connectivity index (χ4v) is 4.27. The summed E-state index contributed by atoms with van der Waals surface area (Å²) in [6, 6.07) is 13.5. The fraction of sp³-hybridized carbons (Fsp3) is 0.318. The fourth-order valence-electron chi connectivity index (χ4n) is 4.27. The van der Waals surface area contributed by atoms with E-state index in [0.29, 0.717) is 19.0 Å². The predicted molar refractivity (Wildman–Crippen MR) is 108 cm³/mol. The number of aromatic amines is 1. The van der Waals surface area contributed by atoms with Crippen molar-refractivity contribution in [2.75, 3.05) is 18.5 Å². The molecule has 0 bridgehead atoms. The molecule has 2 heterocycles. The number of hydrogen-bond donors (Lipinski definition) is 2. The van der Waals surface area contributed by atoms with E-state index in [2.05, 4.69) is 20.5 Å². The van der Waals surface area contributed by atoms with Crippen LogP contribution in [0.25, 0.3) is 11.4 Å². The van der Waals surface area contributed by atoms with Gasteiger partial charge >= 0.3 is 0 Å². The average Bonchev–Trinajstić information content (AvgIpc) is 3.47. The summed E-state index contributed by atoms with van der Waals surface area (Å²) in [6.07, 6.45) is 5.20. The van der Waals surface area contributed by atoms with E-state index in [4.69, 9.17) is 9.47 Å². The van der Waals surface area contributed by atoms with Gasteiger partial charge in [-0.2, -0.15) is 5.10 Å². The third-order valence-electron chi connectivity index (χ3n) is 5.82. The number of benzene rings is 2. The maximum atomic E-state index is 13.4. The number of amides is 1. The summed E-state index contributed by atoms with van der Waals surface area (Å²) >= 11 is 0. The molecule has 2 aromatic carbocycles. The molecule has 1 aliphatic heterocycles. The van der Waals surface area contributed by atoms with Crippen molar-refractivity contribution in [2.24, 2.45) is 0 Å². The second-order valence-corrected chi connectivity index (χ2v) is 7.51. The molecule has 1 amide bonds. The molecule has 1 fully saturated rings. The first-order chi connectivity index (χ1) is 14.2. The van der Waals surface area contributed by atoms with E-state index < -0.39 is 5.41 Å². The first kappa shape index (κ1) is 17.7. The molecule has 0 atom stereocenters. The molecule has 2 N–H and O–H groups in total. The molecule has 29 heavy (non-hydrogen) atoms. The van der Waals surface area contributed by atoms with Crippen LogP contribution < -0.4 is 14.8 Å². The lowest BCUT2D eigenvalue weighted by Gasteiger charge is -2.30. The van der Waals surface area contributed by atoms with E-state index in [1.807, 2.05) is 42.5 Å². The van der Waals surface area contributed by atoms with Crippen LogP contribution in [0.4, 0.5) is 5.69 Å². The van der Waals surface area contributed by atoms with Crippen molar-refractivity contribution in [3.63, 3.8) is 0 Å². The normalized spacial score (nSPS) is 17.1. The third-order valence-corrected chi connectivity index (χ3v) is 5.82. The minimum absolute atomic E-state index is 0.0269. The highest BCUT2D eigenvalue weighted by Crippen LogP contribution is 2.45. The van der Waals surface area contributed by atoms with Gasteiger partial charge in [-0.15, -0.1) is 0 Å². The number of aromatic nitrogens is 3. The number of anilines is 1. The Morgan fingerprint density at radius 1 is 1.00 bits per heavy atom. The summed E-state index contributed by atoms with van der Waals surface area (Å²) in [7, 11) is 0. The van der Waals surface area contributed by atoms with Gasteiger partial charge in [0.25, 0.3) is 0 Å². The van der Waals surface area contributed by atoms with Crippen molar-refractivity contribution >= 4 is 11.6 Å². The Morgan fingerprint density at radius 3 is 2.48 bits per heavy atom. The van der Waals surface area contributed by atoms with Gasteiger partial charge in [0.1, 0.15) is 19.5 Å². The van der Waals surface area contributed by atoms with Crippen molar-refractivity contribution in [3.8, 4) is 22.9 Å². The van der Waals surface area contributed by atoms with Crippen LogP contribution in [0.5, 0.6) is 11.5 Å². The van der Waals surface area contributed by atoms with E-state index in [-0.39, 0.29) is 5.91 Å². The first-order valence-corrected chi connectivity index (χ1v) is 9.92. The lowest BCUT2D eigenvalue weighted by molar-refractivity contribution is -0.121. The van der Waals surface area contributed by atoms with Gasteiger partial charge in [0.05, 0.1) is 5.41 Å². The zero-order valence-electron chi connectivity index (χ0n) is 16.0. The maximum absolute atomic E-state index is 13.4. The maximum Gasteiger partial charge on any atom is 0.235 e. The van der Waals surface area contributed by atoms with Crippen LogP contribution in [-0.4, -0.2) is 34.3 Å². The molecule has 0 radical (unpaired) electrons. The lowest BCUT2D eigenvalue weighted by Crippen LogP contribution is -2.38. The standard InChI is InChI=1S/C22H22N4O3/c27-21(25-17-6-3-15(4-7-17)20-23-14-24-26-20)22(9-1-2-10-22)16-5-8-18-19(13-16)29-12-11-28-18/h3-8,13-14H,1-2,9-12H2,(H,25,27)(H,23,24,26). The molecule has 1 aliphatic carbocycles. The number of fused-ring (bicyclic) bond motifs is 1. The van der Waals surface area contributed by atoms with E-state index in [1.54, 1.807) is 0 Å². The first-order valence-electron chi connectivity index (χ1n) is 9.92. The Labute approximate surface area is 168 Å². The van der Waals surface area contributed by atoms with Crippen molar-refractivity contribution in [1.82, 2.24) is 15.2 Å². The number of carbonyl (C=O) groups excluding carboxylic acids is 1. The van der Waals surface area contributed by atoms with Gasteiger partial charge in [0, 0.05) is 11.3 Å². The monoisotopic (exact) mass is 390 g/mol. The summed E-state index contributed by atoms with van der Waals surface area (Å²) in [6.45, 7) is 1.09. The number of nitrogens with zero attached hydrogens (tertiary/aromatic N) is 2. The summed E-state index contributed by atoms with van der Waals surface area (Å²) in [5.74, 6) is 2.20. The molecule has 2 aliphatic rings. The summed E-state index contributed by atoms with van der Waals surface area (Å²) < 4.78 is 11.4. The van der Waals surface area contributed by atoms with Crippen molar-refractivity contribution < 1.29 is 14.3 Å². The molecule has 1 aromatic heterocycles. The molecular formula is C22H22N4O3. The highest BCUT2D eigenvalue weighted by molar-refractivity contribution is 5.99. The number of H-pyrrole nitrogens is 1. The highest BCUT2D eigenvalue weighted by Gasteiger charge is 2.43. The van der Waals surface area contributed by atoms with Crippen LogP contribution >= 0.6 is 0 Å². The van der Waals surface area contributed by atoms with Crippen LogP contribution in [0.1, 0.15) is 31.2 Å². The van der Waals surface area contributed by atoms with Crippen LogP contribution in [0.15, 0.2) is 48.8 Å². The minimum Gasteiger partial charge on any atom is -0.486 e. The van der Waals surface area contributed by atoms with Crippen LogP contribution in [0.2, 0.25) is 0 Å². The van der Waals surface area contributed by atoms with Gasteiger partial charge in [-0.1, -0.05) is 18.9 Å². The largest absolute Gasteiger partial charge is 0.486 e. The second kappa shape index (κ2) is 7.24. The van der Waals surface area contributed by atoms with Crippen molar-refractivity contribution in [1.29, 1.82) is 0 Å². The lowest BCUT2D eigenvalue weighted by atomic mass is 9.77. The Morgan fingerprint density at radius 2 is 1.76 bits per heavy atom. The zero-order chi connectivity index (χ0) is 19.7. The van der Waals surface area contributed by atoms with Gasteiger partial charge in [-0.05, 0) is 54.8 Å². The number of nitrogens with one attached hydrogen (secondary N) is 2. The van der Waals surface area contributed by atoms with Crippen LogP contribution in [0, 0.1) is 0 Å². The van der Waals surface area contributed by atoms with Gasteiger partial charge in [-0.3, -0.25) is 9.89 Å². The summed E-state index contributed by atoms with van der Waals surface area (Å²) in [4.78, 5) is 17.6. The molecule has 3 aromatic rings. The number of hydrogen-bond acceptors (Lipinski definition) is 5. The number of ether oxygens (including phenoxy) is 2. The average molecular weight is 390 g/mol. The van der Waals surface area contributed by atoms with E-state index in [0.717, 1.165) is 54.0 Å². The third kappa shape index (κ3) is 3.22.